The van der Waals surface area contributed by atoms with Crippen molar-refractivity contribution in [2.45, 2.75) is 6.92 Å². The van der Waals surface area contributed by atoms with Crippen LogP contribution in [0.5, 0.6) is 0 Å². The van der Waals surface area contributed by atoms with E-state index in [4.69, 9.17) is 0 Å². The van der Waals surface area contributed by atoms with Gasteiger partial charge in [-0.3, -0.25) is 8.19 Å². The van der Waals surface area contributed by atoms with Crippen molar-refractivity contribution in [3.8, 4) is 0 Å². The molecule has 1 heterocycles. The molecule has 1 aromatic heterocycles. The molecule has 0 saturated heterocycles. The number of hydrogen-bond acceptors (Lipinski definition) is 0. The zero-order chi connectivity index (χ0) is 4.41. The van der Waals surface area contributed by atoms with Gasteiger partial charge in [0.15, 0.2) is 0 Å². The molecule has 0 aliphatic carbocycles. The monoisotopic (exact) mass is 144 g/mol. The molecule has 36 valence electrons. The summed E-state index contributed by atoms with van der Waals surface area (Å²) in [5.41, 5.74) is 1.29. The third kappa shape index (κ3) is 2.46. The number of aryl methyl sites for hydroxylation is 1. The molecule has 1 rings (SSSR count). The molecule has 0 aliphatic rings. The molecule has 0 nitrogen and oxygen atoms in total. The molecule has 1 atom stereocenters. The predicted molar refractivity (Wildman–Crippen MR) is 31.7 cm³/mol. The Labute approximate surface area is 67.2 Å². The standard InChI is InChI=1S/C5H6P.Sc.2H/c1-5-2-3-6-4-5;;;/h2-3,6H,1H3;;;/q-1;+3;2*-1. The molecule has 0 fully saturated rings. The number of hydrogen-bond donors (Lipinski definition) is 0. The van der Waals surface area contributed by atoms with Crippen molar-refractivity contribution in [3.05, 3.63) is 23.2 Å². The average Bonchev–Trinajstić information content (AvgIpc) is 1.86. The van der Waals surface area contributed by atoms with Crippen LogP contribution in [0, 0.1) is 12.7 Å². The third-order valence-corrected chi connectivity index (χ3v) is 1.56. The minimum Gasteiger partial charge on any atom is -1.00 e. The van der Waals surface area contributed by atoms with E-state index in [-0.39, 0.29) is 28.7 Å². The largest absolute Gasteiger partial charge is 3.00 e. The molecule has 0 N–H and O–H groups in total. The normalized spacial score (nSPS) is 8.71. The first-order valence-corrected chi connectivity index (χ1v) is 2.99. The summed E-state index contributed by atoms with van der Waals surface area (Å²) in [5, 5.41) is 0. The minimum absolute atomic E-state index is 0. The van der Waals surface area contributed by atoms with Gasteiger partial charge in [0.05, 0.1) is 0 Å². The van der Waals surface area contributed by atoms with Gasteiger partial charge < -0.3 is 2.85 Å². The summed E-state index contributed by atoms with van der Waals surface area (Å²) in [4.78, 5) is 0. The molecule has 0 aromatic carbocycles. The van der Waals surface area contributed by atoms with Gasteiger partial charge in [-0.05, 0) is 0 Å². The van der Waals surface area contributed by atoms with Gasteiger partial charge in [-0.15, -0.1) is 0 Å². The smallest absolute Gasteiger partial charge is 1.00 e. The van der Waals surface area contributed by atoms with E-state index in [1.807, 2.05) is 0 Å². The van der Waals surface area contributed by atoms with E-state index in [9.17, 15) is 0 Å². The Morgan fingerprint density at radius 3 is 2.71 bits per heavy atom. The Balaban J connectivity index is -0.000000120. The second kappa shape index (κ2) is 3.63. The molecule has 0 saturated carbocycles. The minimum atomic E-state index is 0. The fraction of sp³-hybridized carbons (Fsp3) is 0.200. The van der Waals surface area contributed by atoms with Crippen LogP contribution in [0.3, 0.4) is 0 Å². The van der Waals surface area contributed by atoms with Crippen molar-refractivity contribution < 1.29 is 28.7 Å². The van der Waals surface area contributed by atoms with Gasteiger partial charge in [0.25, 0.3) is 0 Å². The molecular weight excluding hydrogens is 136 g/mol. The van der Waals surface area contributed by atoms with E-state index in [0.29, 0.717) is 0 Å². The fourth-order valence-electron chi connectivity index (χ4n) is 0.364. The Hall–Kier alpha value is 0.650. The maximum absolute atomic E-state index is 3.15. The van der Waals surface area contributed by atoms with Crippen LogP contribution in [0.25, 0.3) is 0 Å². The zero-order valence-electron chi connectivity index (χ0n) is 6.23. The van der Waals surface area contributed by atoms with Crippen molar-refractivity contribution in [1.82, 2.24) is 0 Å². The van der Waals surface area contributed by atoms with Crippen molar-refractivity contribution in [2.75, 3.05) is 0 Å². The van der Waals surface area contributed by atoms with Crippen molar-refractivity contribution in [1.29, 1.82) is 0 Å². The van der Waals surface area contributed by atoms with Gasteiger partial charge in [-0.2, -0.15) is 17.2 Å². The van der Waals surface area contributed by atoms with E-state index in [0.717, 1.165) is 8.19 Å². The predicted octanol–water partition coefficient (Wildman–Crippen LogP) is 2.05. The van der Waals surface area contributed by atoms with Crippen molar-refractivity contribution in [3.63, 3.8) is 0 Å². The summed E-state index contributed by atoms with van der Waals surface area (Å²) >= 11 is 0. The van der Waals surface area contributed by atoms with Crippen LogP contribution in [0.2, 0.25) is 0 Å². The van der Waals surface area contributed by atoms with Gasteiger partial charge in [0.2, 0.25) is 0 Å². The van der Waals surface area contributed by atoms with Gasteiger partial charge >= 0.3 is 25.8 Å². The maximum Gasteiger partial charge on any atom is 3.00 e. The molecule has 0 aliphatic heterocycles. The summed E-state index contributed by atoms with van der Waals surface area (Å²) in [7, 11) is 0.821. The summed E-state index contributed by atoms with van der Waals surface area (Å²) in [6.45, 7) is 2.07. The Morgan fingerprint density at radius 1 is 1.86 bits per heavy atom. The van der Waals surface area contributed by atoms with Crippen LogP contribution in [0.4, 0.5) is 0 Å². The zero-order valence-corrected chi connectivity index (χ0v) is 7.04. The van der Waals surface area contributed by atoms with Gasteiger partial charge in [-0.1, -0.05) is 6.92 Å². The summed E-state index contributed by atoms with van der Waals surface area (Å²) in [6, 6.07) is 2.10. The molecule has 0 amide bonds. The first-order chi connectivity index (χ1) is 2.89. The maximum atomic E-state index is 3.15. The molecule has 0 radical (unpaired) electrons. The van der Waals surface area contributed by atoms with Gasteiger partial charge in [0, 0.05) is 0 Å². The van der Waals surface area contributed by atoms with Gasteiger partial charge in [0.1, 0.15) is 0 Å². The molecule has 0 bridgehead atoms. The number of rotatable bonds is 0. The summed E-state index contributed by atoms with van der Waals surface area (Å²) in [6.07, 6.45) is 0. The van der Waals surface area contributed by atoms with E-state index >= 15 is 0 Å². The Bertz CT molecular complexity index is 119. The first kappa shape index (κ1) is 7.65. The van der Waals surface area contributed by atoms with Crippen molar-refractivity contribution in [2.24, 2.45) is 0 Å². The van der Waals surface area contributed by atoms with E-state index < -0.39 is 0 Å². The van der Waals surface area contributed by atoms with Crippen LogP contribution < -0.4 is 0 Å². The first-order valence-electron chi connectivity index (χ1n) is 1.91. The quantitative estimate of drug-likeness (QED) is 0.489. The average molecular weight is 144 g/mol. The second-order valence-electron chi connectivity index (χ2n) is 1.29. The Kier molecular flexibility index (Phi) is 3.96. The van der Waals surface area contributed by atoms with Crippen LogP contribution in [0.15, 0.2) is 11.9 Å². The third-order valence-electron chi connectivity index (χ3n) is 0.686. The Morgan fingerprint density at radius 2 is 2.57 bits per heavy atom. The molecule has 7 heavy (non-hydrogen) atoms. The SMILES string of the molecule is Cc1[c-][pH]cc1.[H-].[H-].[Sc+3]. The van der Waals surface area contributed by atoms with Crippen molar-refractivity contribution >= 4 is 8.19 Å². The fourth-order valence-corrected chi connectivity index (χ4v) is 1.09. The van der Waals surface area contributed by atoms with Crippen LogP contribution >= 0.6 is 8.19 Å². The topological polar surface area (TPSA) is 0 Å². The molecular formula is C5H8PSc. The summed E-state index contributed by atoms with van der Waals surface area (Å²) in [5.74, 6) is 5.29. The molecule has 1 unspecified atom stereocenters. The van der Waals surface area contributed by atoms with Gasteiger partial charge in [-0.25, -0.2) is 6.07 Å². The van der Waals surface area contributed by atoms with E-state index in [1.165, 1.54) is 5.56 Å². The second-order valence-corrected chi connectivity index (χ2v) is 2.16. The van der Waals surface area contributed by atoms with Crippen LogP contribution in [0.1, 0.15) is 8.42 Å². The van der Waals surface area contributed by atoms with Crippen LogP contribution in [-0.4, -0.2) is 0 Å². The summed E-state index contributed by atoms with van der Waals surface area (Å²) < 4.78 is 0. The van der Waals surface area contributed by atoms with Crippen LogP contribution in [-0.2, 0) is 25.8 Å². The molecule has 0 spiro atoms. The molecule has 2 heteroatoms. The van der Waals surface area contributed by atoms with E-state index in [2.05, 4.69) is 24.6 Å². The molecule has 1 aromatic rings. The van der Waals surface area contributed by atoms with E-state index in [1.54, 1.807) is 0 Å².